The lowest BCUT2D eigenvalue weighted by atomic mass is 10.2. The Balaban J connectivity index is 1.92. The smallest absolute Gasteiger partial charge is 0.0847 e. The molecule has 0 saturated carbocycles. The molecule has 0 aliphatic heterocycles. The van der Waals surface area contributed by atoms with E-state index in [2.05, 4.69) is 17.2 Å². The third kappa shape index (κ3) is 3.75. The Bertz CT molecular complexity index is 539. The van der Waals surface area contributed by atoms with Crippen molar-refractivity contribution in [3.05, 3.63) is 46.7 Å². The average Bonchev–Trinajstić information content (AvgIpc) is 2.64. The monoisotopic (exact) mass is 295 g/mol. The summed E-state index contributed by atoms with van der Waals surface area (Å²) in [6, 6.07) is 10.3. The van der Waals surface area contributed by atoms with Crippen molar-refractivity contribution in [2.75, 3.05) is 5.75 Å². The van der Waals surface area contributed by atoms with Gasteiger partial charge < -0.3 is 5.73 Å². The highest BCUT2D eigenvalue weighted by Gasteiger charge is 2.14. The van der Waals surface area contributed by atoms with Crippen molar-refractivity contribution in [1.82, 2.24) is 9.78 Å². The molecule has 1 heterocycles. The largest absolute Gasteiger partial charge is 0.327 e. The van der Waals surface area contributed by atoms with Crippen LogP contribution in [0.15, 0.2) is 35.2 Å². The van der Waals surface area contributed by atoms with Gasteiger partial charge in [-0.1, -0.05) is 29.8 Å². The van der Waals surface area contributed by atoms with E-state index in [0.29, 0.717) is 0 Å². The van der Waals surface area contributed by atoms with E-state index < -0.39 is 0 Å². The number of hydrogen-bond donors (Lipinski definition) is 1. The highest BCUT2D eigenvalue weighted by Crippen LogP contribution is 2.23. The van der Waals surface area contributed by atoms with Crippen LogP contribution in [0.4, 0.5) is 0 Å². The Morgan fingerprint density at radius 3 is 2.63 bits per heavy atom. The highest BCUT2D eigenvalue weighted by atomic mass is 35.5. The molecule has 0 aliphatic rings. The second-order valence-corrected chi connectivity index (χ2v) is 6.03. The van der Waals surface area contributed by atoms with Crippen molar-refractivity contribution in [2.24, 2.45) is 12.8 Å². The maximum absolute atomic E-state index is 6.23. The molecule has 2 aromatic rings. The van der Waals surface area contributed by atoms with Crippen LogP contribution in [-0.2, 0) is 13.5 Å². The summed E-state index contributed by atoms with van der Waals surface area (Å²) in [6.07, 6.45) is 0.746. The van der Waals surface area contributed by atoms with Crippen LogP contribution in [0.3, 0.4) is 0 Å². The molecule has 0 saturated heterocycles. The van der Waals surface area contributed by atoms with Gasteiger partial charge in [-0.05, 0) is 19.1 Å². The molecule has 1 atom stereocenters. The molecule has 1 aromatic heterocycles. The minimum Gasteiger partial charge on any atom is -0.327 e. The quantitative estimate of drug-likeness (QED) is 0.862. The number of hydrogen-bond acceptors (Lipinski definition) is 3. The van der Waals surface area contributed by atoms with Gasteiger partial charge in [-0.3, -0.25) is 4.68 Å². The van der Waals surface area contributed by atoms with Crippen LogP contribution in [0.2, 0.25) is 5.02 Å². The molecular weight excluding hydrogens is 278 g/mol. The van der Waals surface area contributed by atoms with Crippen molar-refractivity contribution >= 4 is 23.4 Å². The van der Waals surface area contributed by atoms with Crippen LogP contribution in [0.5, 0.6) is 0 Å². The van der Waals surface area contributed by atoms with Gasteiger partial charge in [0.15, 0.2) is 0 Å². The summed E-state index contributed by atoms with van der Waals surface area (Å²) < 4.78 is 1.82. The number of rotatable bonds is 5. The summed E-state index contributed by atoms with van der Waals surface area (Å²) in [6.45, 7) is 1.91. The summed E-state index contributed by atoms with van der Waals surface area (Å²) in [5, 5.41) is 5.04. The van der Waals surface area contributed by atoms with Crippen LogP contribution >= 0.6 is 23.4 Å². The molecule has 2 rings (SSSR count). The molecule has 0 bridgehead atoms. The molecule has 0 aliphatic carbocycles. The number of benzene rings is 1. The first-order valence-electron chi connectivity index (χ1n) is 6.19. The predicted octanol–water partition coefficient (Wildman–Crippen LogP) is 3.04. The Labute approximate surface area is 123 Å². The molecule has 102 valence electrons. The molecule has 3 nitrogen and oxygen atoms in total. The van der Waals surface area contributed by atoms with E-state index in [1.165, 1.54) is 4.90 Å². The zero-order chi connectivity index (χ0) is 13.8. The first-order chi connectivity index (χ1) is 9.08. The molecule has 1 aromatic carbocycles. The van der Waals surface area contributed by atoms with Gasteiger partial charge in [-0.15, -0.1) is 11.8 Å². The van der Waals surface area contributed by atoms with Crippen LogP contribution in [-0.4, -0.2) is 21.6 Å². The second-order valence-electron chi connectivity index (χ2n) is 4.56. The normalized spacial score (nSPS) is 12.6. The molecule has 2 N–H and O–H groups in total. The van der Waals surface area contributed by atoms with E-state index in [-0.39, 0.29) is 6.04 Å². The van der Waals surface area contributed by atoms with Crippen LogP contribution < -0.4 is 5.73 Å². The molecule has 5 heteroatoms. The standard InChI is InChI=1S/C14H18ClN3S/c1-10-14(15)13(18(2)17-10)8-11(16)9-19-12-6-4-3-5-7-12/h3-7,11H,8-9,16H2,1-2H3. The topological polar surface area (TPSA) is 43.8 Å². The summed E-state index contributed by atoms with van der Waals surface area (Å²) >= 11 is 8.00. The molecule has 0 radical (unpaired) electrons. The lowest BCUT2D eigenvalue weighted by Crippen LogP contribution is -2.26. The number of nitrogens with two attached hydrogens (primary N) is 1. The number of nitrogens with zero attached hydrogens (tertiary/aromatic N) is 2. The second kappa shape index (κ2) is 6.46. The van der Waals surface area contributed by atoms with Crippen LogP contribution in [0.25, 0.3) is 0 Å². The summed E-state index contributed by atoms with van der Waals surface area (Å²) in [5.41, 5.74) is 8.06. The summed E-state index contributed by atoms with van der Waals surface area (Å²) in [4.78, 5) is 1.24. The van der Waals surface area contributed by atoms with E-state index >= 15 is 0 Å². The van der Waals surface area contributed by atoms with Gasteiger partial charge >= 0.3 is 0 Å². The van der Waals surface area contributed by atoms with E-state index in [1.54, 1.807) is 11.8 Å². The molecule has 0 spiro atoms. The van der Waals surface area contributed by atoms with Gasteiger partial charge in [0.1, 0.15) is 0 Å². The first-order valence-corrected chi connectivity index (χ1v) is 7.55. The molecule has 19 heavy (non-hydrogen) atoms. The lowest BCUT2D eigenvalue weighted by Gasteiger charge is -2.11. The van der Waals surface area contributed by atoms with Gasteiger partial charge in [0.05, 0.1) is 16.4 Å². The molecular formula is C14H18ClN3S. The fraction of sp³-hybridized carbons (Fsp3) is 0.357. The van der Waals surface area contributed by atoms with Crippen LogP contribution in [0.1, 0.15) is 11.4 Å². The molecule has 1 unspecified atom stereocenters. The zero-order valence-corrected chi connectivity index (χ0v) is 12.7. The number of thioether (sulfide) groups is 1. The Morgan fingerprint density at radius 1 is 1.37 bits per heavy atom. The third-order valence-corrected chi connectivity index (χ3v) is 4.62. The van der Waals surface area contributed by atoms with Crippen LogP contribution in [0, 0.1) is 6.92 Å². The van der Waals surface area contributed by atoms with Gasteiger partial charge in [0.2, 0.25) is 0 Å². The van der Waals surface area contributed by atoms with Gasteiger partial charge in [0, 0.05) is 30.2 Å². The Morgan fingerprint density at radius 2 is 2.05 bits per heavy atom. The number of aromatic nitrogens is 2. The van der Waals surface area contributed by atoms with Crippen molar-refractivity contribution in [1.29, 1.82) is 0 Å². The minimum absolute atomic E-state index is 0.0671. The van der Waals surface area contributed by atoms with Crippen molar-refractivity contribution in [3.8, 4) is 0 Å². The van der Waals surface area contributed by atoms with E-state index in [1.807, 2.05) is 36.9 Å². The average molecular weight is 296 g/mol. The van der Waals surface area contributed by atoms with Crippen molar-refractivity contribution < 1.29 is 0 Å². The van der Waals surface area contributed by atoms with E-state index in [9.17, 15) is 0 Å². The summed E-state index contributed by atoms with van der Waals surface area (Å²) in [5.74, 6) is 0.866. The van der Waals surface area contributed by atoms with Gasteiger partial charge in [0.25, 0.3) is 0 Å². The van der Waals surface area contributed by atoms with Gasteiger partial charge in [-0.2, -0.15) is 5.10 Å². The van der Waals surface area contributed by atoms with E-state index in [4.69, 9.17) is 17.3 Å². The summed E-state index contributed by atoms with van der Waals surface area (Å²) in [7, 11) is 1.91. The van der Waals surface area contributed by atoms with Crippen molar-refractivity contribution in [2.45, 2.75) is 24.3 Å². The third-order valence-electron chi connectivity index (χ3n) is 2.92. The molecule has 0 amide bonds. The Kier molecular flexibility index (Phi) is 4.91. The van der Waals surface area contributed by atoms with Crippen molar-refractivity contribution in [3.63, 3.8) is 0 Å². The SMILES string of the molecule is Cc1nn(C)c(CC(N)CSc2ccccc2)c1Cl. The maximum atomic E-state index is 6.23. The minimum atomic E-state index is 0.0671. The zero-order valence-electron chi connectivity index (χ0n) is 11.1. The molecule has 0 fully saturated rings. The number of halogens is 1. The maximum Gasteiger partial charge on any atom is 0.0847 e. The first kappa shape index (κ1) is 14.4. The highest BCUT2D eigenvalue weighted by molar-refractivity contribution is 7.99. The van der Waals surface area contributed by atoms with E-state index in [0.717, 1.165) is 28.6 Å². The number of aryl methyl sites for hydroxylation is 2. The van der Waals surface area contributed by atoms with Gasteiger partial charge in [-0.25, -0.2) is 0 Å². The lowest BCUT2D eigenvalue weighted by molar-refractivity contribution is 0.653. The predicted molar refractivity (Wildman–Crippen MR) is 81.8 cm³/mol. The fourth-order valence-corrected chi connectivity index (χ4v) is 3.04. The fourth-order valence-electron chi connectivity index (χ4n) is 1.93. The Hall–Kier alpha value is -0.970.